The maximum absolute atomic E-state index is 12.6. The van der Waals surface area contributed by atoms with E-state index in [9.17, 15) is 9.59 Å². The highest BCUT2D eigenvalue weighted by atomic mass is 16.2. The number of likely N-dealkylation sites (N-methyl/N-ethyl adjacent to an activating group) is 1. The number of imidazole rings is 1. The van der Waals surface area contributed by atoms with Crippen LogP contribution in [0, 0.1) is 12.3 Å². The minimum atomic E-state index is 0.213. The quantitative estimate of drug-likeness (QED) is 0.713. The number of carbonyl (C=O) groups excluding carboxylic acids is 2. The third-order valence-electron chi connectivity index (χ3n) is 6.46. The predicted molar refractivity (Wildman–Crippen MR) is 109 cm³/mol. The first-order valence-corrected chi connectivity index (χ1v) is 10.6. The van der Waals surface area contributed by atoms with Gasteiger partial charge in [0.05, 0.1) is 0 Å². The Morgan fingerprint density at radius 3 is 2.61 bits per heavy atom. The van der Waals surface area contributed by atoms with Crippen molar-refractivity contribution < 1.29 is 9.59 Å². The molecule has 0 aliphatic carbocycles. The van der Waals surface area contributed by atoms with Crippen molar-refractivity contribution in [2.45, 2.75) is 52.0 Å². The molecule has 3 rings (SSSR count). The van der Waals surface area contributed by atoms with Crippen molar-refractivity contribution in [3.8, 4) is 0 Å². The van der Waals surface area contributed by atoms with Crippen molar-refractivity contribution in [3.05, 3.63) is 18.2 Å². The summed E-state index contributed by atoms with van der Waals surface area (Å²) in [4.78, 5) is 35.3. The fourth-order valence-corrected chi connectivity index (χ4v) is 4.46. The Balaban J connectivity index is 1.44. The zero-order valence-corrected chi connectivity index (χ0v) is 17.7. The van der Waals surface area contributed by atoms with Crippen LogP contribution in [0.2, 0.25) is 0 Å². The average molecular weight is 390 g/mol. The average Bonchev–Trinajstić information content (AvgIpc) is 3.08. The van der Waals surface area contributed by atoms with E-state index in [1.807, 2.05) is 32.1 Å². The molecule has 7 nitrogen and oxygen atoms in total. The molecule has 2 aliphatic rings. The van der Waals surface area contributed by atoms with Gasteiger partial charge in [-0.1, -0.05) is 0 Å². The largest absolute Gasteiger partial charge is 0.343 e. The summed E-state index contributed by atoms with van der Waals surface area (Å²) in [6.07, 6.45) is 8.89. The van der Waals surface area contributed by atoms with Crippen molar-refractivity contribution in [1.29, 1.82) is 0 Å². The number of amides is 2. The second-order valence-electron chi connectivity index (χ2n) is 8.77. The highest BCUT2D eigenvalue weighted by Gasteiger charge is 2.41. The van der Waals surface area contributed by atoms with Crippen LogP contribution in [-0.2, 0) is 16.1 Å². The topological polar surface area (TPSA) is 61.7 Å². The Kier molecular flexibility index (Phi) is 6.75. The van der Waals surface area contributed by atoms with Gasteiger partial charge >= 0.3 is 0 Å². The Morgan fingerprint density at radius 2 is 1.96 bits per heavy atom. The minimum absolute atomic E-state index is 0.213. The van der Waals surface area contributed by atoms with Gasteiger partial charge in [0.1, 0.15) is 5.82 Å². The second kappa shape index (κ2) is 9.07. The monoisotopic (exact) mass is 389 g/mol. The van der Waals surface area contributed by atoms with Gasteiger partial charge < -0.3 is 19.3 Å². The maximum Gasteiger partial charge on any atom is 0.222 e. The van der Waals surface area contributed by atoms with Crippen LogP contribution < -0.4 is 0 Å². The number of rotatable bonds is 7. The molecule has 0 N–H and O–H groups in total. The zero-order valence-electron chi connectivity index (χ0n) is 17.7. The third-order valence-corrected chi connectivity index (χ3v) is 6.46. The van der Waals surface area contributed by atoms with E-state index in [-0.39, 0.29) is 11.3 Å². The van der Waals surface area contributed by atoms with Crippen LogP contribution in [-0.4, -0.2) is 82.9 Å². The number of hydrogen-bond acceptors (Lipinski definition) is 4. The number of likely N-dealkylation sites (tertiary alicyclic amines) is 2. The Bertz CT molecular complexity index is 676. The number of aryl methyl sites for hydroxylation is 2. The smallest absolute Gasteiger partial charge is 0.222 e. The molecule has 0 bridgehead atoms. The summed E-state index contributed by atoms with van der Waals surface area (Å²) in [6.45, 7) is 7.08. The van der Waals surface area contributed by atoms with E-state index in [1.54, 1.807) is 6.20 Å². The molecule has 3 heterocycles. The van der Waals surface area contributed by atoms with Gasteiger partial charge in [-0.15, -0.1) is 0 Å². The van der Waals surface area contributed by atoms with Crippen LogP contribution in [0.3, 0.4) is 0 Å². The van der Waals surface area contributed by atoms with E-state index >= 15 is 0 Å². The van der Waals surface area contributed by atoms with Crippen molar-refractivity contribution in [1.82, 2.24) is 24.3 Å². The van der Waals surface area contributed by atoms with Gasteiger partial charge in [-0.2, -0.15) is 0 Å². The predicted octanol–water partition coefficient (Wildman–Crippen LogP) is 1.76. The number of carbonyl (C=O) groups is 2. The molecule has 2 fully saturated rings. The number of piperidine rings is 2. The normalized spacial score (nSPS) is 19.6. The summed E-state index contributed by atoms with van der Waals surface area (Å²) in [5.74, 6) is 1.56. The van der Waals surface area contributed by atoms with Crippen molar-refractivity contribution >= 4 is 11.8 Å². The standard InChI is InChI=1S/C21H35N5O2/c1-18-22-10-14-24(18)11-4-5-19(27)25-12-8-21(9-13-25)7-6-20(28)26(17-21)16-15-23(2)3/h10,14H,4-9,11-13,15-17H2,1-3H3. The van der Waals surface area contributed by atoms with Crippen LogP contribution in [0.5, 0.6) is 0 Å². The van der Waals surface area contributed by atoms with Gasteiger partial charge in [-0.25, -0.2) is 4.98 Å². The van der Waals surface area contributed by atoms with Gasteiger partial charge in [0.15, 0.2) is 0 Å². The summed E-state index contributed by atoms with van der Waals surface area (Å²) in [7, 11) is 4.09. The molecule has 0 radical (unpaired) electrons. The van der Waals surface area contributed by atoms with Gasteiger partial charge in [0.2, 0.25) is 11.8 Å². The van der Waals surface area contributed by atoms with E-state index in [4.69, 9.17) is 0 Å². The molecule has 2 amide bonds. The Labute approximate surface area is 168 Å². The molecule has 1 spiro atoms. The lowest BCUT2D eigenvalue weighted by Crippen LogP contribution is -2.53. The summed E-state index contributed by atoms with van der Waals surface area (Å²) < 4.78 is 2.10. The molecule has 0 saturated carbocycles. The fourth-order valence-electron chi connectivity index (χ4n) is 4.46. The van der Waals surface area contributed by atoms with E-state index in [1.165, 1.54) is 0 Å². The maximum atomic E-state index is 12.6. The Morgan fingerprint density at radius 1 is 1.21 bits per heavy atom. The molecule has 0 aromatic carbocycles. The third kappa shape index (κ3) is 5.13. The lowest BCUT2D eigenvalue weighted by molar-refractivity contribution is -0.142. The first-order valence-electron chi connectivity index (χ1n) is 10.6. The molecule has 1 aromatic heterocycles. The highest BCUT2D eigenvalue weighted by molar-refractivity contribution is 5.77. The number of nitrogens with zero attached hydrogens (tertiary/aromatic N) is 5. The molecular weight excluding hydrogens is 354 g/mol. The number of aromatic nitrogens is 2. The lowest BCUT2D eigenvalue weighted by Gasteiger charge is -2.47. The fraction of sp³-hybridized carbons (Fsp3) is 0.762. The van der Waals surface area contributed by atoms with Crippen molar-refractivity contribution in [3.63, 3.8) is 0 Å². The summed E-state index contributed by atoms with van der Waals surface area (Å²) >= 11 is 0. The first kappa shape index (κ1) is 20.8. The van der Waals surface area contributed by atoms with Gasteiger partial charge in [-0.3, -0.25) is 9.59 Å². The minimum Gasteiger partial charge on any atom is -0.343 e. The summed E-state index contributed by atoms with van der Waals surface area (Å²) in [6, 6.07) is 0. The van der Waals surface area contributed by atoms with E-state index in [0.717, 1.165) is 70.8 Å². The highest BCUT2D eigenvalue weighted by Crippen LogP contribution is 2.40. The van der Waals surface area contributed by atoms with E-state index < -0.39 is 0 Å². The van der Waals surface area contributed by atoms with Crippen LogP contribution in [0.15, 0.2) is 12.4 Å². The molecule has 0 atom stereocenters. The first-order chi connectivity index (χ1) is 13.4. The van der Waals surface area contributed by atoms with Crippen LogP contribution >= 0.6 is 0 Å². The SMILES string of the molecule is Cc1nccn1CCCC(=O)N1CCC2(CCC(=O)N(CCN(C)C)C2)CC1. The summed E-state index contributed by atoms with van der Waals surface area (Å²) in [5.41, 5.74) is 0.213. The van der Waals surface area contributed by atoms with Crippen molar-refractivity contribution in [2.24, 2.45) is 5.41 Å². The van der Waals surface area contributed by atoms with Crippen LogP contribution in [0.1, 0.15) is 44.3 Å². The summed E-state index contributed by atoms with van der Waals surface area (Å²) in [5, 5.41) is 0. The molecule has 0 unspecified atom stereocenters. The van der Waals surface area contributed by atoms with Gasteiger partial charge in [-0.05, 0) is 52.1 Å². The molecule has 2 aliphatic heterocycles. The van der Waals surface area contributed by atoms with Crippen LogP contribution in [0.4, 0.5) is 0 Å². The van der Waals surface area contributed by atoms with Crippen molar-refractivity contribution in [2.75, 3.05) is 46.8 Å². The molecule has 1 aromatic rings. The molecule has 28 heavy (non-hydrogen) atoms. The molecule has 7 heteroatoms. The molecular formula is C21H35N5O2. The lowest BCUT2D eigenvalue weighted by atomic mass is 9.72. The molecule has 156 valence electrons. The van der Waals surface area contributed by atoms with E-state index in [2.05, 4.69) is 19.4 Å². The second-order valence-corrected chi connectivity index (χ2v) is 8.77. The number of hydrogen-bond donors (Lipinski definition) is 0. The Hall–Kier alpha value is -1.89. The molecule has 2 saturated heterocycles. The van der Waals surface area contributed by atoms with E-state index in [0.29, 0.717) is 18.7 Å². The zero-order chi connectivity index (χ0) is 20.1. The van der Waals surface area contributed by atoms with Gasteiger partial charge in [0.25, 0.3) is 0 Å². The van der Waals surface area contributed by atoms with Crippen LogP contribution in [0.25, 0.3) is 0 Å². The van der Waals surface area contributed by atoms with Gasteiger partial charge in [0, 0.05) is 64.5 Å².